The van der Waals surface area contributed by atoms with Gasteiger partial charge in [-0.3, -0.25) is 4.79 Å². The number of allylic oxidation sites excluding steroid dienone is 1. The zero-order chi connectivity index (χ0) is 10.7. The van der Waals surface area contributed by atoms with Gasteiger partial charge in [0.25, 0.3) is 0 Å². The van der Waals surface area contributed by atoms with Crippen LogP contribution in [0, 0.1) is 5.41 Å². The lowest BCUT2D eigenvalue weighted by Gasteiger charge is -2.12. The van der Waals surface area contributed by atoms with Gasteiger partial charge in [-0.05, 0) is 18.1 Å². The van der Waals surface area contributed by atoms with Crippen molar-refractivity contribution in [2.24, 2.45) is 5.41 Å². The summed E-state index contributed by atoms with van der Waals surface area (Å²) in [5.41, 5.74) is 1.71. The highest BCUT2D eigenvalue weighted by Crippen LogP contribution is 2.68. The van der Waals surface area contributed by atoms with E-state index in [1.54, 1.807) is 0 Å². The highest BCUT2D eigenvalue weighted by molar-refractivity contribution is 6.09. The lowest BCUT2D eigenvalue weighted by atomic mass is 9.88. The van der Waals surface area contributed by atoms with E-state index in [2.05, 4.69) is 18.8 Å². The van der Waals surface area contributed by atoms with E-state index in [1.165, 1.54) is 0 Å². The van der Waals surface area contributed by atoms with Crippen molar-refractivity contribution in [1.82, 2.24) is 0 Å². The second-order valence-corrected chi connectivity index (χ2v) is 4.70. The number of rotatable bonds is 1. The topological polar surface area (TPSA) is 29.1 Å². The van der Waals surface area contributed by atoms with E-state index in [1.807, 2.05) is 30.3 Å². The molecule has 0 saturated heterocycles. The largest absolute Gasteiger partial charge is 0.325 e. The van der Waals surface area contributed by atoms with Crippen LogP contribution in [0.25, 0.3) is 0 Å². The summed E-state index contributed by atoms with van der Waals surface area (Å²) in [7, 11) is 0. The first-order chi connectivity index (χ1) is 7.14. The monoisotopic (exact) mass is 199 g/mol. The van der Waals surface area contributed by atoms with E-state index in [0.29, 0.717) is 0 Å². The average molecular weight is 199 g/mol. The maximum absolute atomic E-state index is 12.0. The molecule has 0 aromatic heterocycles. The molecule has 2 atom stereocenters. The van der Waals surface area contributed by atoms with Crippen LogP contribution in [-0.2, 0) is 10.2 Å². The molecule has 1 aromatic rings. The zero-order valence-corrected chi connectivity index (χ0v) is 8.71. The van der Waals surface area contributed by atoms with Crippen molar-refractivity contribution >= 4 is 11.6 Å². The third-order valence-electron chi connectivity index (χ3n) is 3.96. The van der Waals surface area contributed by atoms with Gasteiger partial charge in [0.15, 0.2) is 0 Å². The Morgan fingerprint density at radius 2 is 2.20 bits per heavy atom. The van der Waals surface area contributed by atoms with Gasteiger partial charge in [-0.15, -0.1) is 6.58 Å². The fraction of sp³-hybridized carbons (Fsp3) is 0.308. The number of benzene rings is 1. The predicted octanol–water partition coefficient (Wildman–Crippen LogP) is 2.47. The Morgan fingerprint density at radius 3 is 2.87 bits per heavy atom. The van der Waals surface area contributed by atoms with Crippen LogP contribution in [0.5, 0.6) is 0 Å². The lowest BCUT2D eigenvalue weighted by molar-refractivity contribution is -0.118. The van der Waals surface area contributed by atoms with Crippen LogP contribution >= 0.6 is 0 Å². The Bertz CT molecular complexity index is 479. The first kappa shape index (κ1) is 8.72. The van der Waals surface area contributed by atoms with Crippen molar-refractivity contribution in [3.05, 3.63) is 42.5 Å². The normalized spacial score (nSPS) is 36.2. The van der Waals surface area contributed by atoms with Gasteiger partial charge in [0.1, 0.15) is 0 Å². The fourth-order valence-electron chi connectivity index (χ4n) is 2.81. The molecule has 1 amide bonds. The Labute approximate surface area is 89.0 Å². The number of nitrogens with one attached hydrogen (secondary N) is 1. The molecule has 1 spiro atoms. The molecule has 1 heterocycles. The van der Waals surface area contributed by atoms with Crippen LogP contribution in [-0.4, -0.2) is 5.91 Å². The number of anilines is 1. The summed E-state index contributed by atoms with van der Waals surface area (Å²) in [6.45, 7) is 5.94. The standard InChI is InChI=1S/C13H13NO/c1-3-12(2)8-13(12)9-6-4-5-7-10(9)14-11(13)15/h3-7H,1,8H2,2H3,(H,14,15)/t12?,13-/m1/s1. The van der Waals surface area contributed by atoms with E-state index in [0.717, 1.165) is 17.7 Å². The van der Waals surface area contributed by atoms with Crippen LogP contribution in [0.4, 0.5) is 5.69 Å². The lowest BCUT2D eigenvalue weighted by Crippen LogP contribution is -2.24. The van der Waals surface area contributed by atoms with E-state index >= 15 is 0 Å². The maximum Gasteiger partial charge on any atom is 0.236 e. The molecule has 1 fully saturated rings. The SMILES string of the molecule is C=CC1(C)C[C@@]12C(=O)Nc1ccccc12. The molecule has 3 rings (SSSR count). The molecule has 1 saturated carbocycles. The molecule has 1 unspecified atom stereocenters. The summed E-state index contributed by atoms with van der Waals surface area (Å²) < 4.78 is 0. The first-order valence-electron chi connectivity index (χ1n) is 5.19. The predicted molar refractivity (Wildman–Crippen MR) is 59.7 cm³/mol. The van der Waals surface area contributed by atoms with E-state index < -0.39 is 0 Å². The van der Waals surface area contributed by atoms with Crippen molar-refractivity contribution < 1.29 is 4.79 Å². The Balaban J connectivity index is 2.21. The van der Waals surface area contributed by atoms with Gasteiger partial charge >= 0.3 is 0 Å². The molecule has 1 N–H and O–H groups in total. The van der Waals surface area contributed by atoms with Gasteiger partial charge < -0.3 is 5.32 Å². The van der Waals surface area contributed by atoms with Gasteiger partial charge in [0.2, 0.25) is 5.91 Å². The number of hydrogen-bond donors (Lipinski definition) is 1. The van der Waals surface area contributed by atoms with E-state index in [9.17, 15) is 4.79 Å². The molecule has 15 heavy (non-hydrogen) atoms. The number of carbonyl (C=O) groups is 1. The molecular weight excluding hydrogens is 186 g/mol. The molecular formula is C13H13NO. The summed E-state index contributed by atoms with van der Waals surface area (Å²) in [6, 6.07) is 7.94. The zero-order valence-electron chi connectivity index (χ0n) is 8.71. The third kappa shape index (κ3) is 0.788. The summed E-state index contributed by atoms with van der Waals surface area (Å²) in [6.07, 6.45) is 2.79. The summed E-state index contributed by atoms with van der Waals surface area (Å²) in [4.78, 5) is 12.0. The molecule has 2 heteroatoms. The van der Waals surface area contributed by atoms with Crippen molar-refractivity contribution in [1.29, 1.82) is 0 Å². The van der Waals surface area contributed by atoms with E-state index in [4.69, 9.17) is 0 Å². The molecule has 2 nitrogen and oxygen atoms in total. The van der Waals surface area contributed by atoms with Crippen LogP contribution in [0.3, 0.4) is 0 Å². The summed E-state index contributed by atoms with van der Waals surface area (Å²) in [5, 5.41) is 2.95. The van der Waals surface area contributed by atoms with Gasteiger partial charge in [-0.2, -0.15) is 0 Å². The minimum atomic E-state index is -0.328. The molecule has 0 radical (unpaired) electrons. The number of amides is 1. The van der Waals surface area contributed by atoms with E-state index in [-0.39, 0.29) is 16.7 Å². The summed E-state index contributed by atoms with van der Waals surface area (Å²) in [5.74, 6) is 0.131. The third-order valence-corrected chi connectivity index (χ3v) is 3.96. The minimum Gasteiger partial charge on any atom is -0.325 e. The van der Waals surface area contributed by atoms with Crippen molar-refractivity contribution in [3.63, 3.8) is 0 Å². The van der Waals surface area contributed by atoms with Crippen LogP contribution in [0.15, 0.2) is 36.9 Å². The molecule has 1 aliphatic carbocycles. The van der Waals surface area contributed by atoms with Crippen LogP contribution in [0.1, 0.15) is 18.9 Å². The number of fused-ring (bicyclic) bond motifs is 2. The number of hydrogen-bond acceptors (Lipinski definition) is 1. The van der Waals surface area contributed by atoms with Crippen LogP contribution < -0.4 is 5.32 Å². The Morgan fingerprint density at radius 1 is 1.47 bits per heavy atom. The highest BCUT2D eigenvalue weighted by atomic mass is 16.2. The van der Waals surface area contributed by atoms with Crippen molar-refractivity contribution in [2.45, 2.75) is 18.8 Å². The quantitative estimate of drug-likeness (QED) is 0.692. The maximum atomic E-state index is 12.0. The van der Waals surface area contributed by atoms with Crippen molar-refractivity contribution in [3.8, 4) is 0 Å². The molecule has 1 aromatic carbocycles. The first-order valence-corrected chi connectivity index (χ1v) is 5.19. The second-order valence-electron chi connectivity index (χ2n) is 4.70. The van der Waals surface area contributed by atoms with Gasteiger partial charge in [-0.1, -0.05) is 31.2 Å². The fourth-order valence-corrected chi connectivity index (χ4v) is 2.81. The smallest absolute Gasteiger partial charge is 0.236 e. The molecule has 2 aliphatic rings. The molecule has 0 bridgehead atoms. The minimum absolute atomic E-state index is 0.0658. The van der Waals surface area contributed by atoms with Crippen LogP contribution in [0.2, 0.25) is 0 Å². The molecule has 76 valence electrons. The summed E-state index contributed by atoms with van der Waals surface area (Å²) >= 11 is 0. The second kappa shape index (κ2) is 2.32. The molecule has 1 aliphatic heterocycles. The van der Waals surface area contributed by atoms with Gasteiger partial charge in [-0.25, -0.2) is 0 Å². The van der Waals surface area contributed by atoms with Gasteiger partial charge in [0.05, 0.1) is 5.41 Å². The number of carbonyl (C=O) groups excluding carboxylic acids is 1. The average Bonchev–Trinajstić information content (AvgIpc) is 2.78. The number of para-hydroxylation sites is 1. The van der Waals surface area contributed by atoms with Gasteiger partial charge in [0, 0.05) is 11.1 Å². The Hall–Kier alpha value is -1.57. The highest BCUT2D eigenvalue weighted by Gasteiger charge is 2.71. The van der Waals surface area contributed by atoms with Crippen molar-refractivity contribution in [2.75, 3.05) is 5.32 Å². The Kier molecular flexibility index (Phi) is 1.35.